The van der Waals surface area contributed by atoms with Gasteiger partial charge in [-0.1, -0.05) is 18.2 Å². The van der Waals surface area contributed by atoms with Crippen LogP contribution < -0.4 is 15.5 Å². The fraction of sp³-hybridized carbons (Fsp3) is 0.556. The predicted molar refractivity (Wildman–Crippen MR) is 102 cm³/mol. The van der Waals surface area contributed by atoms with Crippen LogP contribution in [0.2, 0.25) is 0 Å². The van der Waals surface area contributed by atoms with Crippen molar-refractivity contribution in [2.45, 2.75) is 37.0 Å². The third-order valence-corrected chi connectivity index (χ3v) is 5.97. The molecule has 0 spiro atoms. The SMILES string of the molecule is CN=C(NCC(=O)N1CCc2ccccc21)NC1CCC(SC)C1. The highest BCUT2D eigenvalue weighted by Crippen LogP contribution is 2.28. The summed E-state index contributed by atoms with van der Waals surface area (Å²) in [7, 11) is 1.76. The number of nitrogens with one attached hydrogen (secondary N) is 2. The minimum absolute atomic E-state index is 0.0938. The van der Waals surface area contributed by atoms with Crippen molar-refractivity contribution in [3.8, 4) is 0 Å². The Balaban J connectivity index is 1.50. The number of guanidine groups is 1. The zero-order chi connectivity index (χ0) is 16.9. The number of carbonyl (C=O) groups is 1. The van der Waals surface area contributed by atoms with Crippen molar-refractivity contribution >= 4 is 29.3 Å². The Morgan fingerprint density at radius 1 is 1.38 bits per heavy atom. The molecule has 1 heterocycles. The van der Waals surface area contributed by atoms with Crippen molar-refractivity contribution in [2.24, 2.45) is 4.99 Å². The summed E-state index contributed by atoms with van der Waals surface area (Å²) < 4.78 is 0. The molecule has 2 N–H and O–H groups in total. The molecular formula is C18H26N4OS. The van der Waals surface area contributed by atoms with Gasteiger partial charge in [0.15, 0.2) is 5.96 Å². The third-order valence-electron chi connectivity index (χ3n) is 4.88. The molecule has 1 aromatic carbocycles. The molecule has 1 amide bonds. The fourth-order valence-corrected chi connectivity index (χ4v) is 4.32. The molecule has 0 saturated heterocycles. The molecule has 5 nitrogen and oxygen atoms in total. The summed E-state index contributed by atoms with van der Waals surface area (Å²) in [6.45, 7) is 1.04. The number of nitrogens with zero attached hydrogens (tertiary/aromatic N) is 2. The summed E-state index contributed by atoms with van der Waals surface area (Å²) in [4.78, 5) is 18.7. The molecule has 1 aliphatic carbocycles. The van der Waals surface area contributed by atoms with Gasteiger partial charge in [0.2, 0.25) is 5.91 Å². The van der Waals surface area contributed by atoms with Crippen LogP contribution >= 0.6 is 11.8 Å². The van der Waals surface area contributed by atoms with Crippen LogP contribution in [0, 0.1) is 0 Å². The van der Waals surface area contributed by atoms with Crippen molar-refractivity contribution in [1.82, 2.24) is 10.6 Å². The lowest BCUT2D eigenvalue weighted by atomic mass is 10.2. The largest absolute Gasteiger partial charge is 0.354 e. The maximum Gasteiger partial charge on any atom is 0.246 e. The van der Waals surface area contributed by atoms with Crippen LogP contribution in [0.1, 0.15) is 24.8 Å². The summed E-state index contributed by atoms with van der Waals surface area (Å²) in [6.07, 6.45) is 6.69. The van der Waals surface area contributed by atoms with Gasteiger partial charge in [-0.15, -0.1) is 0 Å². The second-order valence-electron chi connectivity index (χ2n) is 6.36. The molecule has 1 aromatic rings. The monoisotopic (exact) mass is 346 g/mol. The van der Waals surface area contributed by atoms with E-state index in [1.54, 1.807) is 7.05 Å². The Labute approximate surface area is 148 Å². The molecule has 3 rings (SSSR count). The highest BCUT2D eigenvalue weighted by Gasteiger charge is 2.26. The number of thioether (sulfide) groups is 1. The number of hydrogen-bond donors (Lipinski definition) is 2. The molecule has 2 atom stereocenters. The lowest BCUT2D eigenvalue weighted by Gasteiger charge is -2.20. The summed E-state index contributed by atoms with van der Waals surface area (Å²) in [5.41, 5.74) is 2.30. The Morgan fingerprint density at radius 2 is 2.21 bits per heavy atom. The van der Waals surface area contributed by atoms with Crippen LogP contribution in [0.3, 0.4) is 0 Å². The first-order valence-corrected chi connectivity index (χ1v) is 9.88. The van der Waals surface area contributed by atoms with Crippen LogP contribution in [0.25, 0.3) is 0 Å². The Morgan fingerprint density at radius 3 is 2.96 bits per heavy atom. The van der Waals surface area contributed by atoms with Crippen molar-refractivity contribution in [2.75, 3.05) is 31.3 Å². The second kappa shape index (κ2) is 7.92. The molecule has 24 heavy (non-hydrogen) atoms. The molecule has 0 bridgehead atoms. The first kappa shape index (κ1) is 17.1. The van der Waals surface area contributed by atoms with E-state index >= 15 is 0 Å². The van der Waals surface area contributed by atoms with Crippen LogP contribution in [0.4, 0.5) is 5.69 Å². The maximum atomic E-state index is 12.5. The fourth-order valence-electron chi connectivity index (χ4n) is 3.53. The molecule has 130 valence electrons. The Bertz CT molecular complexity index is 619. The highest BCUT2D eigenvalue weighted by atomic mass is 32.2. The number of amides is 1. The van der Waals surface area contributed by atoms with Crippen molar-refractivity contribution < 1.29 is 4.79 Å². The minimum Gasteiger partial charge on any atom is -0.354 e. The summed E-state index contributed by atoms with van der Waals surface area (Å²) in [5, 5.41) is 7.37. The van der Waals surface area contributed by atoms with E-state index in [9.17, 15) is 4.79 Å². The molecule has 0 aromatic heterocycles. The van der Waals surface area contributed by atoms with E-state index in [1.807, 2.05) is 34.9 Å². The smallest absolute Gasteiger partial charge is 0.246 e. The topological polar surface area (TPSA) is 56.7 Å². The van der Waals surface area contributed by atoms with Gasteiger partial charge in [0.1, 0.15) is 0 Å². The average molecular weight is 347 g/mol. The van der Waals surface area contributed by atoms with Crippen LogP contribution in [-0.2, 0) is 11.2 Å². The van der Waals surface area contributed by atoms with E-state index in [1.165, 1.54) is 18.4 Å². The number of para-hydroxylation sites is 1. The number of anilines is 1. The molecule has 1 aliphatic heterocycles. The van der Waals surface area contributed by atoms with Gasteiger partial charge in [-0.3, -0.25) is 9.79 Å². The first-order valence-electron chi connectivity index (χ1n) is 8.59. The zero-order valence-corrected chi connectivity index (χ0v) is 15.2. The molecular weight excluding hydrogens is 320 g/mol. The van der Waals surface area contributed by atoms with E-state index in [4.69, 9.17) is 0 Å². The van der Waals surface area contributed by atoms with Crippen molar-refractivity contribution in [1.29, 1.82) is 0 Å². The predicted octanol–water partition coefficient (Wildman–Crippen LogP) is 2.02. The van der Waals surface area contributed by atoms with Gasteiger partial charge in [0.25, 0.3) is 0 Å². The van der Waals surface area contributed by atoms with E-state index < -0.39 is 0 Å². The van der Waals surface area contributed by atoms with Gasteiger partial charge in [0.05, 0.1) is 6.54 Å². The summed E-state index contributed by atoms with van der Waals surface area (Å²) >= 11 is 1.94. The lowest BCUT2D eigenvalue weighted by molar-refractivity contribution is -0.117. The maximum absolute atomic E-state index is 12.5. The number of rotatable bonds is 4. The van der Waals surface area contributed by atoms with Crippen LogP contribution in [0.15, 0.2) is 29.3 Å². The summed E-state index contributed by atoms with van der Waals surface area (Å²) in [5.74, 6) is 0.818. The van der Waals surface area contributed by atoms with E-state index in [2.05, 4.69) is 27.9 Å². The van der Waals surface area contributed by atoms with E-state index in [-0.39, 0.29) is 12.5 Å². The van der Waals surface area contributed by atoms with Crippen molar-refractivity contribution in [3.63, 3.8) is 0 Å². The van der Waals surface area contributed by atoms with E-state index in [0.29, 0.717) is 6.04 Å². The number of carbonyl (C=O) groups excluding carboxylic acids is 1. The Kier molecular flexibility index (Phi) is 5.66. The standard InChI is InChI=1S/C18H26N4OS/c1-19-18(21-14-7-8-15(11-14)24-2)20-12-17(23)22-10-9-13-5-3-4-6-16(13)22/h3-6,14-15H,7-12H2,1-2H3,(H2,19,20,21). The Hall–Kier alpha value is -1.69. The normalized spacial score (nSPS) is 23.2. The van der Waals surface area contributed by atoms with Crippen molar-refractivity contribution in [3.05, 3.63) is 29.8 Å². The number of aliphatic imine (C=N–C) groups is 1. The van der Waals surface area contributed by atoms with Gasteiger partial charge in [-0.25, -0.2) is 0 Å². The molecule has 0 radical (unpaired) electrons. The van der Waals surface area contributed by atoms with Gasteiger partial charge in [-0.05, 0) is 43.6 Å². The molecule has 1 saturated carbocycles. The quantitative estimate of drug-likeness (QED) is 0.647. The average Bonchev–Trinajstić information content (AvgIpc) is 3.24. The van der Waals surface area contributed by atoms with Crippen LogP contribution in [0.5, 0.6) is 0 Å². The third kappa shape index (κ3) is 3.86. The van der Waals surface area contributed by atoms with Crippen LogP contribution in [-0.4, -0.2) is 49.6 Å². The highest BCUT2D eigenvalue weighted by molar-refractivity contribution is 7.99. The van der Waals surface area contributed by atoms with Gasteiger partial charge in [-0.2, -0.15) is 11.8 Å². The molecule has 2 aliphatic rings. The second-order valence-corrected chi connectivity index (χ2v) is 7.50. The van der Waals surface area contributed by atoms with Gasteiger partial charge >= 0.3 is 0 Å². The van der Waals surface area contributed by atoms with Gasteiger partial charge < -0.3 is 15.5 Å². The number of fused-ring (bicyclic) bond motifs is 1. The molecule has 1 fully saturated rings. The minimum atomic E-state index is 0.0938. The first-order chi connectivity index (χ1) is 11.7. The lowest BCUT2D eigenvalue weighted by Crippen LogP contribution is -2.47. The number of hydrogen-bond acceptors (Lipinski definition) is 3. The number of benzene rings is 1. The zero-order valence-electron chi connectivity index (χ0n) is 14.4. The van der Waals surface area contributed by atoms with Gasteiger partial charge in [0, 0.05) is 30.6 Å². The molecule has 2 unspecified atom stereocenters. The van der Waals surface area contributed by atoms with E-state index in [0.717, 1.165) is 36.3 Å². The summed E-state index contributed by atoms with van der Waals surface area (Å²) in [6, 6.07) is 8.59. The molecule has 6 heteroatoms.